The minimum absolute atomic E-state index is 0.0962. The Balaban J connectivity index is 2.26. The van der Waals surface area contributed by atoms with Crippen molar-refractivity contribution in [3.05, 3.63) is 59.0 Å². The molecule has 7 heteroatoms. The van der Waals surface area contributed by atoms with Crippen LogP contribution in [0.5, 0.6) is 0 Å². The Bertz CT molecular complexity index is 1180. The molecule has 0 aliphatic carbocycles. The van der Waals surface area contributed by atoms with E-state index in [1.54, 1.807) is 6.07 Å². The molecule has 0 fully saturated rings. The number of unbranched alkanes of at least 4 members (excludes halogenated alkanes) is 1. The molecule has 0 N–H and O–H groups in total. The number of benzene rings is 2. The predicted octanol–water partition coefficient (Wildman–Crippen LogP) is 5.68. The number of aryl methyl sites for hydroxylation is 1. The van der Waals surface area contributed by atoms with Gasteiger partial charge in [0.15, 0.2) is 23.3 Å². The van der Waals surface area contributed by atoms with Crippen LogP contribution in [0.1, 0.15) is 25.5 Å². The Labute approximate surface area is 144 Å². The van der Waals surface area contributed by atoms with E-state index in [1.807, 2.05) is 6.92 Å². The lowest BCUT2D eigenvalue weighted by Gasteiger charge is -2.09. The van der Waals surface area contributed by atoms with Gasteiger partial charge in [0.1, 0.15) is 11.3 Å². The van der Waals surface area contributed by atoms with Crippen molar-refractivity contribution in [2.45, 2.75) is 26.2 Å². The Morgan fingerprint density at radius 2 is 1.65 bits per heavy atom. The van der Waals surface area contributed by atoms with Gasteiger partial charge in [0.05, 0.1) is 10.9 Å². The molecule has 0 unspecified atom stereocenters. The molecule has 2 aromatic heterocycles. The summed E-state index contributed by atoms with van der Waals surface area (Å²) in [5.41, 5.74) is 0.0886. The molecule has 0 saturated heterocycles. The Morgan fingerprint density at radius 3 is 2.38 bits per heavy atom. The molecule has 0 spiro atoms. The van der Waals surface area contributed by atoms with Gasteiger partial charge >= 0.3 is 0 Å². The number of hydrogen-bond acceptors (Lipinski definition) is 1. The van der Waals surface area contributed by atoms with Crippen LogP contribution < -0.4 is 0 Å². The first kappa shape index (κ1) is 16.8. The highest BCUT2D eigenvalue weighted by atomic mass is 19.2. The summed E-state index contributed by atoms with van der Waals surface area (Å²) in [6, 6.07) is 5.50. The van der Waals surface area contributed by atoms with Gasteiger partial charge in [-0.25, -0.2) is 26.5 Å². The van der Waals surface area contributed by atoms with Crippen LogP contribution in [-0.4, -0.2) is 9.61 Å². The lowest BCUT2D eigenvalue weighted by molar-refractivity contribution is 0.417. The van der Waals surface area contributed by atoms with Crippen LogP contribution >= 0.6 is 0 Å². The number of halogens is 5. The number of rotatable bonds is 3. The smallest absolute Gasteiger partial charge is 0.199 e. The maximum atomic E-state index is 14.5. The van der Waals surface area contributed by atoms with Crippen LogP contribution in [0.25, 0.3) is 27.2 Å². The van der Waals surface area contributed by atoms with Gasteiger partial charge in [-0.1, -0.05) is 13.3 Å². The van der Waals surface area contributed by atoms with Crippen molar-refractivity contribution in [1.82, 2.24) is 9.61 Å². The number of hydrogen-bond donors (Lipinski definition) is 0. The topological polar surface area (TPSA) is 17.3 Å². The molecular weight excluding hydrogens is 351 g/mol. The summed E-state index contributed by atoms with van der Waals surface area (Å²) in [5, 5.41) is 4.38. The number of pyridine rings is 1. The van der Waals surface area contributed by atoms with E-state index in [9.17, 15) is 22.0 Å². The fraction of sp³-hybridized carbons (Fsp3) is 0.211. The standard InChI is InChI=1S/C19H13F5N2/c1-2-3-4-11-8-9-7-10(20)5-6-12(9)19-13-14(21)15(22)16(23)17(24)18(13)25-26(11)19/h5-8H,2-4H2,1H3. The third-order valence-electron chi connectivity index (χ3n) is 4.54. The van der Waals surface area contributed by atoms with Crippen molar-refractivity contribution in [2.24, 2.45) is 0 Å². The molecular formula is C19H13F5N2. The van der Waals surface area contributed by atoms with Crippen LogP contribution in [0.15, 0.2) is 24.3 Å². The number of nitrogens with zero attached hydrogens (tertiary/aromatic N) is 2. The molecule has 0 radical (unpaired) electrons. The van der Waals surface area contributed by atoms with Crippen LogP contribution in [0.2, 0.25) is 0 Å². The Morgan fingerprint density at radius 1 is 0.923 bits per heavy atom. The summed E-state index contributed by atoms with van der Waals surface area (Å²) < 4.78 is 71.1. The van der Waals surface area contributed by atoms with Gasteiger partial charge in [0.2, 0.25) is 0 Å². The fourth-order valence-electron chi connectivity index (χ4n) is 3.29. The second-order valence-electron chi connectivity index (χ2n) is 6.21. The molecule has 4 rings (SSSR count). The van der Waals surface area contributed by atoms with Gasteiger partial charge in [-0.15, -0.1) is 0 Å². The maximum absolute atomic E-state index is 14.5. The summed E-state index contributed by atoms with van der Waals surface area (Å²) >= 11 is 0. The zero-order valence-corrected chi connectivity index (χ0v) is 13.7. The number of aromatic nitrogens is 2. The van der Waals surface area contributed by atoms with Gasteiger partial charge in [-0.3, -0.25) is 0 Å². The Kier molecular flexibility index (Phi) is 3.82. The molecule has 0 aliphatic rings. The molecule has 0 atom stereocenters. The van der Waals surface area contributed by atoms with E-state index in [-0.39, 0.29) is 5.52 Å². The molecule has 0 aliphatic heterocycles. The second kappa shape index (κ2) is 5.93. The SMILES string of the molecule is CCCCc1cc2cc(F)ccc2c2c3c(F)c(F)c(F)c(F)c3nn12. The number of fused-ring (bicyclic) bond motifs is 5. The van der Waals surface area contributed by atoms with E-state index < -0.39 is 40.0 Å². The van der Waals surface area contributed by atoms with Crippen molar-refractivity contribution >= 4 is 27.2 Å². The maximum Gasteiger partial charge on any atom is 0.199 e. The minimum Gasteiger partial charge on any atom is -0.236 e. The van der Waals surface area contributed by atoms with Gasteiger partial charge in [-0.2, -0.15) is 5.10 Å². The predicted molar refractivity (Wildman–Crippen MR) is 88.6 cm³/mol. The molecule has 134 valence electrons. The van der Waals surface area contributed by atoms with Crippen molar-refractivity contribution < 1.29 is 22.0 Å². The van der Waals surface area contributed by atoms with Gasteiger partial charge in [0, 0.05) is 11.1 Å². The average Bonchev–Trinajstić information content (AvgIpc) is 3.03. The van der Waals surface area contributed by atoms with Gasteiger partial charge in [0.25, 0.3) is 0 Å². The van der Waals surface area contributed by atoms with E-state index in [1.165, 1.54) is 22.7 Å². The average molecular weight is 364 g/mol. The van der Waals surface area contributed by atoms with Crippen molar-refractivity contribution in [2.75, 3.05) is 0 Å². The van der Waals surface area contributed by atoms with E-state index in [4.69, 9.17) is 0 Å². The van der Waals surface area contributed by atoms with Crippen LogP contribution in [0.4, 0.5) is 22.0 Å². The summed E-state index contributed by atoms with van der Waals surface area (Å²) in [6.45, 7) is 1.97. The zero-order chi connectivity index (χ0) is 18.6. The van der Waals surface area contributed by atoms with Crippen molar-refractivity contribution in [3.8, 4) is 0 Å². The lowest BCUT2D eigenvalue weighted by Crippen LogP contribution is -2.00. The quantitative estimate of drug-likeness (QED) is 0.260. The molecule has 4 aromatic rings. The first-order valence-electron chi connectivity index (χ1n) is 8.19. The first-order chi connectivity index (χ1) is 12.4. The summed E-state index contributed by atoms with van der Waals surface area (Å²) in [5.74, 6) is -7.33. The highest BCUT2D eigenvalue weighted by Crippen LogP contribution is 2.34. The van der Waals surface area contributed by atoms with E-state index in [0.29, 0.717) is 22.9 Å². The largest absolute Gasteiger partial charge is 0.236 e. The molecule has 2 aromatic carbocycles. The normalized spacial score (nSPS) is 11.9. The van der Waals surface area contributed by atoms with Crippen LogP contribution in [-0.2, 0) is 6.42 Å². The van der Waals surface area contributed by atoms with Crippen molar-refractivity contribution in [1.29, 1.82) is 0 Å². The molecule has 2 heterocycles. The highest BCUT2D eigenvalue weighted by Gasteiger charge is 2.26. The molecule has 2 nitrogen and oxygen atoms in total. The molecule has 26 heavy (non-hydrogen) atoms. The van der Waals surface area contributed by atoms with Crippen LogP contribution in [0, 0.1) is 29.1 Å². The summed E-state index contributed by atoms with van der Waals surface area (Å²) in [7, 11) is 0. The molecule has 0 bridgehead atoms. The van der Waals surface area contributed by atoms with Gasteiger partial charge in [-0.05, 0) is 42.5 Å². The summed E-state index contributed by atoms with van der Waals surface area (Å²) in [6.07, 6.45) is 2.14. The van der Waals surface area contributed by atoms with Gasteiger partial charge < -0.3 is 0 Å². The fourth-order valence-corrected chi connectivity index (χ4v) is 3.29. The minimum atomic E-state index is -1.90. The highest BCUT2D eigenvalue weighted by molar-refractivity contribution is 6.10. The van der Waals surface area contributed by atoms with E-state index in [0.717, 1.165) is 12.8 Å². The monoisotopic (exact) mass is 364 g/mol. The van der Waals surface area contributed by atoms with Crippen molar-refractivity contribution in [3.63, 3.8) is 0 Å². The Hall–Kier alpha value is -2.70. The lowest BCUT2D eigenvalue weighted by atomic mass is 10.0. The third-order valence-corrected chi connectivity index (χ3v) is 4.54. The first-order valence-corrected chi connectivity index (χ1v) is 8.19. The van der Waals surface area contributed by atoms with Crippen LogP contribution in [0.3, 0.4) is 0 Å². The zero-order valence-electron chi connectivity index (χ0n) is 13.7. The van der Waals surface area contributed by atoms with E-state index >= 15 is 0 Å². The van der Waals surface area contributed by atoms with E-state index in [2.05, 4.69) is 5.10 Å². The molecule has 0 saturated carbocycles. The molecule has 0 amide bonds. The third kappa shape index (κ3) is 2.26. The second-order valence-corrected chi connectivity index (χ2v) is 6.21. The summed E-state index contributed by atoms with van der Waals surface area (Å²) in [4.78, 5) is 0.